The van der Waals surface area contributed by atoms with E-state index in [1.54, 1.807) is 42.5 Å². The number of rotatable bonds is 8. The molecule has 2 heterocycles. The average Bonchev–Trinajstić information content (AvgIpc) is 3.55. The van der Waals surface area contributed by atoms with Crippen LogP contribution in [-0.4, -0.2) is 28.2 Å². The molecule has 1 aliphatic heterocycles. The van der Waals surface area contributed by atoms with E-state index in [2.05, 4.69) is 0 Å². The van der Waals surface area contributed by atoms with Crippen LogP contribution < -0.4 is 4.74 Å². The third kappa shape index (κ3) is 5.09. The molecule has 1 atom stereocenters. The normalized spacial score (nSPS) is 16.7. The Labute approximate surface area is 219 Å². The molecular formula is C31H26FNO5. The minimum Gasteiger partial charge on any atom is -0.507 e. The van der Waals surface area contributed by atoms with E-state index in [1.807, 2.05) is 37.3 Å². The third-order valence-electron chi connectivity index (χ3n) is 6.59. The maximum atomic E-state index is 13.3. The Bertz CT molecular complexity index is 1480. The second-order valence-corrected chi connectivity index (χ2v) is 9.14. The van der Waals surface area contributed by atoms with Gasteiger partial charge in [0.1, 0.15) is 35.7 Å². The molecule has 0 radical (unpaired) electrons. The molecule has 1 N–H and O–H groups in total. The Balaban J connectivity index is 1.43. The minimum absolute atomic E-state index is 0.0404. The van der Waals surface area contributed by atoms with Crippen molar-refractivity contribution in [1.29, 1.82) is 0 Å². The predicted molar refractivity (Wildman–Crippen MR) is 140 cm³/mol. The topological polar surface area (TPSA) is 80.0 Å². The number of furan rings is 1. The van der Waals surface area contributed by atoms with Gasteiger partial charge in [0.2, 0.25) is 0 Å². The molecule has 0 aliphatic carbocycles. The first kappa shape index (κ1) is 25.0. The molecule has 0 spiro atoms. The lowest BCUT2D eigenvalue weighted by Crippen LogP contribution is -2.31. The number of aliphatic hydroxyl groups excluding tert-OH is 1. The van der Waals surface area contributed by atoms with Crippen LogP contribution in [0.25, 0.3) is 5.76 Å². The highest BCUT2D eigenvalue weighted by Crippen LogP contribution is 2.40. The van der Waals surface area contributed by atoms with Gasteiger partial charge in [-0.1, -0.05) is 42.5 Å². The first-order valence-corrected chi connectivity index (χ1v) is 12.3. The van der Waals surface area contributed by atoms with Crippen molar-refractivity contribution in [2.24, 2.45) is 0 Å². The number of benzene rings is 3. The van der Waals surface area contributed by atoms with Gasteiger partial charge in [-0.25, -0.2) is 4.39 Å². The summed E-state index contributed by atoms with van der Waals surface area (Å²) < 4.78 is 24.8. The number of carbonyl (C=O) groups excluding carboxylic acids is 2. The zero-order valence-electron chi connectivity index (χ0n) is 20.8. The Morgan fingerprint density at radius 1 is 0.974 bits per heavy atom. The fraction of sp³-hybridized carbons (Fsp3) is 0.161. The van der Waals surface area contributed by atoms with Crippen molar-refractivity contribution in [2.75, 3.05) is 6.54 Å². The van der Waals surface area contributed by atoms with Crippen LogP contribution in [0.1, 0.15) is 34.1 Å². The number of nitrogens with zero attached hydrogens (tertiary/aromatic N) is 1. The van der Waals surface area contributed by atoms with Gasteiger partial charge in [0, 0.05) is 12.1 Å². The largest absolute Gasteiger partial charge is 0.507 e. The fourth-order valence-corrected chi connectivity index (χ4v) is 4.60. The maximum Gasteiger partial charge on any atom is 0.295 e. The van der Waals surface area contributed by atoms with Gasteiger partial charge in [-0.15, -0.1) is 0 Å². The van der Waals surface area contributed by atoms with Crippen LogP contribution in [-0.2, 0) is 22.6 Å². The lowest BCUT2D eigenvalue weighted by molar-refractivity contribution is -0.140. The van der Waals surface area contributed by atoms with Crippen LogP contribution in [0.3, 0.4) is 0 Å². The Morgan fingerprint density at radius 2 is 1.74 bits per heavy atom. The molecule has 3 aromatic carbocycles. The van der Waals surface area contributed by atoms with Gasteiger partial charge in [0.05, 0.1) is 11.8 Å². The molecule has 4 aromatic rings. The lowest BCUT2D eigenvalue weighted by atomic mass is 9.98. The van der Waals surface area contributed by atoms with E-state index in [-0.39, 0.29) is 23.7 Å². The number of aryl methyl sites for hydroxylation is 1. The van der Waals surface area contributed by atoms with E-state index in [4.69, 9.17) is 9.15 Å². The van der Waals surface area contributed by atoms with Gasteiger partial charge in [0.25, 0.3) is 11.7 Å². The Morgan fingerprint density at radius 3 is 2.42 bits per heavy atom. The van der Waals surface area contributed by atoms with E-state index >= 15 is 0 Å². The van der Waals surface area contributed by atoms with Crippen LogP contribution in [0.15, 0.2) is 101 Å². The van der Waals surface area contributed by atoms with Crippen molar-refractivity contribution in [3.63, 3.8) is 0 Å². The summed E-state index contributed by atoms with van der Waals surface area (Å²) in [5.41, 5.74) is 2.96. The number of aliphatic hydroxyl groups is 1. The lowest BCUT2D eigenvalue weighted by Gasteiger charge is -2.23. The van der Waals surface area contributed by atoms with E-state index in [9.17, 15) is 19.1 Å². The molecule has 1 fully saturated rings. The SMILES string of the molecule is Cc1cc(/C(O)=C2/C(=O)C(=O)N(CCc3ccc(F)cc3)C2c2ccco2)ccc1OCc1ccccc1. The van der Waals surface area contributed by atoms with Crippen molar-refractivity contribution >= 4 is 17.4 Å². The predicted octanol–water partition coefficient (Wildman–Crippen LogP) is 5.97. The second-order valence-electron chi connectivity index (χ2n) is 9.14. The van der Waals surface area contributed by atoms with E-state index < -0.39 is 17.7 Å². The zero-order chi connectivity index (χ0) is 26.6. The molecule has 1 saturated heterocycles. The number of hydrogen-bond acceptors (Lipinski definition) is 5. The molecule has 5 rings (SSSR count). The van der Waals surface area contributed by atoms with Gasteiger partial charge in [-0.3, -0.25) is 9.59 Å². The first-order chi connectivity index (χ1) is 18.4. The highest BCUT2D eigenvalue weighted by atomic mass is 19.1. The summed E-state index contributed by atoms with van der Waals surface area (Å²) in [6.45, 7) is 2.43. The summed E-state index contributed by atoms with van der Waals surface area (Å²) >= 11 is 0. The van der Waals surface area contributed by atoms with Crippen molar-refractivity contribution < 1.29 is 28.2 Å². The molecule has 1 unspecified atom stereocenters. The summed E-state index contributed by atoms with van der Waals surface area (Å²) in [5.74, 6) is -1.14. The maximum absolute atomic E-state index is 13.3. The number of hydrogen-bond donors (Lipinski definition) is 1. The fourth-order valence-electron chi connectivity index (χ4n) is 4.60. The summed E-state index contributed by atoms with van der Waals surface area (Å²) in [7, 11) is 0. The molecule has 1 aliphatic rings. The van der Waals surface area contributed by atoms with Crippen molar-refractivity contribution in [1.82, 2.24) is 4.90 Å². The highest BCUT2D eigenvalue weighted by molar-refractivity contribution is 6.46. The molecular weight excluding hydrogens is 485 g/mol. The van der Waals surface area contributed by atoms with Gasteiger partial charge in [-0.2, -0.15) is 0 Å². The van der Waals surface area contributed by atoms with Gasteiger partial charge >= 0.3 is 0 Å². The quantitative estimate of drug-likeness (QED) is 0.179. The number of likely N-dealkylation sites (tertiary alicyclic amines) is 1. The molecule has 0 bridgehead atoms. The Kier molecular flexibility index (Phi) is 7.09. The average molecular weight is 512 g/mol. The monoisotopic (exact) mass is 511 g/mol. The molecule has 1 aromatic heterocycles. The number of halogens is 1. The smallest absolute Gasteiger partial charge is 0.295 e. The molecule has 6 nitrogen and oxygen atoms in total. The van der Waals surface area contributed by atoms with Crippen molar-refractivity contribution in [2.45, 2.75) is 26.0 Å². The van der Waals surface area contributed by atoms with E-state index in [0.717, 1.165) is 16.7 Å². The third-order valence-corrected chi connectivity index (χ3v) is 6.59. The number of amides is 1. The van der Waals surface area contributed by atoms with Crippen LogP contribution in [0.4, 0.5) is 4.39 Å². The molecule has 0 saturated carbocycles. The van der Waals surface area contributed by atoms with Crippen LogP contribution >= 0.6 is 0 Å². The zero-order valence-corrected chi connectivity index (χ0v) is 20.8. The molecule has 38 heavy (non-hydrogen) atoms. The number of ether oxygens (including phenoxy) is 1. The van der Waals surface area contributed by atoms with Crippen molar-refractivity contribution in [3.8, 4) is 5.75 Å². The van der Waals surface area contributed by atoms with Crippen LogP contribution in [0, 0.1) is 12.7 Å². The van der Waals surface area contributed by atoms with Gasteiger partial charge in [-0.05, 0) is 72.5 Å². The highest BCUT2D eigenvalue weighted by Gasteiger charge is 2.47. The first-order valence-electron chi connectivity index (χ1n) is 12.3. The standard InChI is InChI=1S/C31H26FNO5/c1-20-18-23(11-14-25(20)38-19-22-6-3-2-4-7-22)29(34)27-28(26-8-5-17-37-26)33(31(36)30(27)35)16-15-21-9-12-24(32)13-10-21/h2-14,17-18,28,34H,15-16,19H2,1H3/b29-27-. The minimum atomic E-state index is -0.889. The van der Waals surface area contributed by atoms with E-state index in [1.165, 1.54) is 23.3 Å². The summed E-state index contributed by atoms with van der Waals surface area (Å²) in [4.78, 5) is 27.7. The molecule has 1 amide bonds. The number of Topliss-reactive ketones (excluding diaryl/α,β-unsaturated/α-hetero) is 1. The van der Waals surface area contributed by atoms with Crippen LogP contribution in [0.5, 0.6) is 5.75 Å². The summed E-state index contributed by atoms with van der Waals surface area (Å²) in [6.07, 6.45) is 1.86. The molecule has 7 heteroatoms. The summed E-state index contributed by atoms with van der Waals surface area (Å²) in [5, 5.41) is 11.3. The summed E-state index contributed by atoms with van der Waals surface area (Å²) in [6, 6.07) is 23.3. The second kappa shape index (κ2) is 10.8. The Hall–Kier alpha value is -4.65. The van der Waals surface area contributed by atoms with Crippen molar-refractivity contribution in [3.05, 3.63) is 131 Å². The van der Waals surface area contributed by atoms with Crippen LogP contribution in [0.2, 0.25) is 0 Å². The number of carbonyl (C=O) groups is 2. The molecule has 192 valence electrons. The number of ketones is 1. The van der Waals surface area contributed by atoms with Gasteiger partial charge < -0.3 is 19.2 Å². The van der Waals surface area contributed by atoms with Gasteiger partial charge in [0.15, 0.2) is 0 Å². The van der Waals surface area contributed by atoms with E-state index in [0.29, 0.717) is 30.1 Å².